The molecule has 0 unspecified atom stereocenters. The summed E-state index contributed by atoms with van der Waals surface area (Å²) in [6.07, 6.45) is 1.58. The van der Waals surface area contributed by atoms with Crippen molar-refractivity contribution in [3.05, 3.63) is 71.5 Å². The molecule has 33 heavy (non-hydrogen) atoms. The van der Waals surface area contributed by atoms with Crippen molar-refractivity contribution in [2.24, 2.45) is 7.05 Å². The summed E-state index contributed by atoms with van der Waals surface area (Å²) in [7, 11) is 1.82. The van der Waals surface area contributed by atoms with Gasteiger partial charge in [-0.15, -0.1) is 21.5 Å². The molecule has 168 valence electrons. The molecule has 8 nitrogen and oxygen atoms in total. The minimum atomic E-state index is -0.254. The minimum absolute atomic E-state index is 0.188. The highest BCUT2D eigenvalue weighted by atomic mass is 32.2. The van der Waals surface area contributed by atoms with Crippen molar-refractivity contribution in [2.45, 2.75) is 21.3 Å². The van der Waals surface area contributed by atoms with Gasteiger partial charge in [-0.05, 0) is 49.4 Å². The number of carbonyl (C=O) groups excluding carboxylic acids is 2. The van der Waals surface area contributed by atoms with Gasteiger partial charge in [0.15, 0.2) is 9.50 Å². The van der Waals surface area contributed by atoms with E-state index < -0.39 is 0 Å². The number of carbonyl (C=O) groups is 2. The summed E-state index contributed by atoms with van der Waals surface area (Å²) >= 11 is 4.49. The molecular weight excluding hydrogens is 476 g/mol. The van der Waals surface area contributed by atoms with Crippen LogP contribution in [0.3, 0.4) is 0 Å². The van der Waals surface area contributed by atoms with Crippen molar-refractivity contribution in [1.82, 2.24) is 19.7 Å². The second-order valence-electron chi connectivity index (χ2n) is 6.98. The molecule has 0 fully saturated rings. The fraction of sp³-hybridized carbons (Fsp3) is 0.136. The standard InChI is InChI=1S/C22H20N6O2S3/c1-14-11-32-22(24-14)33-18-8-6-16(7-9-18)26-20(30)15-4-3-5-17(10-15)25-19(29)12-31-21-27-23-13-28(21)2/h3-11,13H,12H2,1-2H3,(H,25,29)(H,26,30). The van der Waals surface area contributed by atoms with Gasteiger partial charge in [0.05, 0.1) is 5.75 Å². The number of amides is 2. The average molecular weight is 497 g/mol. The number of hydrogen-bond donors (Lipinski definition) is 2. The third kappa shape index (κ3) is 6.44. The summed E-state index contributed by atoms with van der Waals surface area (Å²) in [6, 6.07) is 14.4. The normalized spacial score (nSPS) is 10.7. The average Bonchev–Trinajstić information content (AvgIpc) is 3.41. The number of thioether (sulfide) groups is 1. The molecule has 2 aromatic carbocycles. The Morgan fingerprint density at radius 1 is 1.09 bits per heavy atom. The van der Waals surface area contributed by atoms with E-state index in [9.17, 15) is 9.59 Å². The summed E-state index contributed by atoms with van der Waals surface area (Å²) in [5, 5.41) is 16.1. The Hall–Kier alpha value is -3.15. The van der Waals surface area contributed by atoms with Gasteiger partial charge in [0.2, 0.25) is 5.91 Å². The van der Waals surface area contributed by atoms with Crippen LogP contribution in [-0.4, -0.2) is 37.3 Å². The second-order valence-corrected chi connectivity index (χ2v) is 10.1. The summed E-state index contributed by atoms with van der Waals surface area (Å²) in [4.78, 5) is 30.4. The van der Waals surface area contributed by atoms with E-state index in [0.717, 1.165) is 14.9 Å². The first-order chi connectivity index (χ1) is 16.0. The van der Waals surface area contributed by atoms with Gasteiger partial charge in [-0.1, -0.05) is 29.6 Å². The van der Waals surface area contributed by atoms with E-state index >= 15 is 0 Å². The van der Waals surface area contributed by atoms with Gasteiger partial charge in [0.1, 0.15) is 6.33 Å². The predicted octanol–water partition coefficient (Wildman–Crippen LogP) is 4.71. The zero-order chi connectivity index (χ0) is 23.2. The van der Waals surface area contributed by atoms with E-state index in [-0.39, 0.29) is 17.6 Å². The number of thiazole rings is 1. The lowest BCUT2D eigenvalue weighted by Gasteiger charge is -2.09. The van der Waals surface area contributed by atoms with Gasteiger partial charge in [-0.3, -0.25) is 9.59 Å². The number of rotatable bonds is 8. The molecule has 0 atom stereocenters. The fourth-order valence-corrected chi connectivity index (χ4v) is 5.26. The first-order valence-corrected chi connectivity index (χ1v) is 12.5. The first-order valence-electron chi connectivity index (χ1n) is 9.84. The van der Waals surface area contributed by atoms with Crippen molar-refractivity contribution in [3.8, 4) is 0 Å². The smallest absolute Gasteiger partial charge is 0.255 e. The van der Waals surface area contributed by atoms with Crippen LogP contribution in [0.25, 0.3) is 0 Å². The van der Waals surface area contributed by atoms with E-state index in [1.165, 1.54) is 11.8 Å². The molecule has 2 aromatic heterocycles. The number of hydrogen-bond acceptors (Lipinski definition) is 8. The first kappa shape index (κ1) is 23.0. The number of nitrogens with zero attached hydrogens (tertiary/aromatic N) is 4. The second kappa shape index (κ2) is 10.6. The minimum Gasteiger partial charge on any atom is -0.325 e. The predicted molar refractivity (Wildman–Crippen MR) is 132 cm³/mol. The number of nitrogens with one attached hydrogen (secondary N) is 2. The van der Waals surface area contributed by atoms with Crippen molar-refractivity contribution in [1.29, 1.82) is 0 Å². The summed E-state index contributed by atoms with van der Waals surface area (Å²) in [6.45, 7) is 1.97. The largest absolute Gasteiger partial charge is 0.325 e. The Morgan fingerprint density at radius 3 is 2.61 bits per heavy atom. The topological polar surface area (TPSA) is 102 Å². The highest BCUT2D eigenvalue weighted by molar-refractivity contribution is 8.01. The van der Waals surface area contributed by atoms with Crippen LogP contribution < -0.4 is 10.6 Å². The molecule has 0 aliphatic carbocycles. The summed E-state index contributed by atoms with van der Waals surface area (Å²) in [5.74, 6) is -0.256. The van der Waals surface area contributed by atoms with Crippen molar-refractivity contribution >= 4 is 58.0 Å². The molecule has 0 aliphatic heterocycles. The van der Waals surface area contributed by atoms with Gasteiger partial charge in [0, 0.05) is 40.0 Å². The zero-order valence-electron chi connectivity index (χ0n) is 17.8. The highest BCUT2D eigenvalue weighted by Gasteiger charge is 2.11. The number of anilines is 2. The van der Waals surface area contributed by atoms with Crippen LogP contribution in [0.4, 0.5) is 11.4 Å². The molecule has 4 aromatic rings. The maximum Gasteiger partial charge on any atom is 0.255 e. The Kier molecular flexibility index (Phi) is 7.43. The molecule has 2 heterocycles. The molecule has 4 rings (SSSR count). The number of aromatic nitrogens is 4. The van der Waals surface area contributed by atoms with Gasteiger partial charge in [-0.25, -0.2) is 4.98 Å². The van der Waals surface area contributed by atoms with Crippen molar-refractivity contribution in [3.63, 3.8) is 0 Å². The Bertz CT molecular complexity index is 1270. The van der Waals surface area contributed by atoms with Crippen LogP contribution in [0.15, 0.2) is 74.6 Å². The Morgan fingerprint density at radius 2 is 1.91 bits per heavy atom. The Balaban J connectivity index is 1.32. The molecule has 0 spiro atoms. The summed E-state index contributed by atoms with van der Waals surface area (Å²) < 4.78 is 2.73. The monoisotopic (exact) mass is 496 g/mol. The van der Waals surface area contributed by atoms with Gasteiger partial charge < -0.3 is 15.2 Å². The quantitative estimate of drug-likeness (QED) is 0.341. The van der Waals surface area contributed by atoms with Crippen LogP contribution >= 0.6 is 34.9 Å². The van der Waals surface area contributed by atoms with Crippen LogP contribution in [0.2, 0.25) is 0 Å². The molecule has 2 amide bonds. The van der Waals surface area contributed by atoms with E-state index in [0.29, 0.717) is 22.1 Å². The maximum atomic E-state index is 12.7. The van der Waals surface area contributed by atoms with Gasteiger partial charge in [-0.2, -0.15) is 0 Å². The lowest BCUT2D eigenvalue weighted by atomic mass is 10.2. The lowest BCUT2D eigenvalue weighted by molar-refractivity contribution is -0.113. The van der Waals surface area contributed by atoms with Gasteiger partial charge >= 0.3 is 0 Å². The lowest BCUT2D eigenvalue weighted by Crippen LogP contribution is -2.16. The molecule has 0 radical (unpaired) electrons. The van der Waals surface area contributed by atoms with Crippen molar-refractivity contribution < 1.29 is 9.59 Å². The van der Waals surface area contributed by atoms with E-state index in [4.69, 9.17) is 0 Å². The zero-order valence-corrected chi connectivity index (χ0v) is 20.3. The van der Waals surface area contributed by atoms with Gasteiger partial charge in [0.25, 0.3) is 5.91 Å². The third-order valence-corrected chi connectivity index (χ3v) is 7.42. The van der Waals surface area contributed by atoms with Crippen LogP contribution in [-0.2, 0) is 11.8 Å². The van der Waals surface area contributed by atoms with Crippen molar-refractivity contribution in [2.75, 3.05) is 16.4 Å². The molecule has 0 saturated heterocycles. The van der Waals surface area contributed by atoms with E-state index in [2.05, 4.69) is 25.8 Å². The number of aryl methyl sites for hydroxylation is 2. The molecule has 0 aliphatic rings. The third-order valence-electron chi connectivity index (χ3n) is 4.33. The molecule has 0 saturated carbocycles. The van der Waals surface area contributed by atoms with Crippen LogP contribution in [0.5, 0.6) is 0 Å². The van der Waals surface area contributed by atoms with Crippen LogP contribution in [0, 0.1) is 6.92 Å². The fourth-order valence-electron chi connectivity index (χ4n) is 2.76. The highest BCUT2D eigenvalue weighted by Crippen LogP contribution is 2.31. The molecule has 2 N–H and O–H groups in total. The number of benzene rings is 2. The summed E-state index contributed by atoms with van der Waals surface area (Å²) in [5.41, 5.74) is 2.70. The molecule has 0 bridgehead atoms. The SMILES string of the molecule is Cc1csc(Sc2ccc(NC(=O)c3cccc(NC(=O)CSc4nncn4C)c3)cc2)n1. The molecule has 11 heteroatoms. The Labute approximate surface area is 203 Å². The van der Waals surface area contributed by atoms with E-state index in [1.54, 1.807) is 58.3 Å². The van der Waals surface area contributed by atoms with E-state index in [1.807, 2.05) is 43.6 Å². The molecular formula is C22H20N6O2S3. The maximum absolute atomic E-state index is 12.7. The van der Waals surface area contributed by atoms with Crippen LogP contribution in [0.1, 0.15) is 16.1 Å².